The Bertz CT molecular complexity index is 616. The van der Waals surface area contributed by atoms with Crippen LogP contribution >= 0.6 is 0 Å². The second-order valence-electron chi connectivity index (χ2n) is 7.58. The van der Waals surface area contributed by atoms with Crippen molar-refractivity contribution in [2.45, 2.75) is 53.0 Å². The third-order valence-electron chi connectivity index (χ3n) is 4.14. The normalized spacial score (nSPS) is 13.4. The summed E-state index contributed by atoms with van der Waals surface area (Å²) in [5, 5.41) is 15.4. The number of aromatic nitrogens is 1. The molecule has 150 valence electrons. The average molecular weight is 378 g/mol. The van der Waals surface area contributed by atoms with E-state index >= 15 is 0 Å². The van der Waals surface area contributed by atoms with E-state index in [9.17, 15) is 19.6 Å². The zero-order valence-electron chi connectivity index (χ0n) is 16.4. The van der Waals surface area contributed by atoms with E-state index in [0.29, 0.717) is 17.3 Å². The molecule has 0 aliphatic carbocycles. The highest BCUT2D eigenvalue weighted by molar-refractivity contribution is 5.97. The first-order valence-electron chi connectivity index (χ1n) is 9.12. The Hall–Kier alpha value is -2.48. The molecule has 0 saturated heterocycles. The van der Waals surface area contributed by atoms with Crippen LogP contribution in [0.5, 0.6) is 0 Å². The molecular formula is C19H30N4O4. The minimum Gasteiger partial charge on any atom is -0.343 e. The van der Waals surface area contributed by atoms with Gasteiger partial charge in [-0.3, -0.25) is 19.6 Å². The van der Waals surface area contributed by atoms with Crippen LogP contribution in [0.1, 0.15) is 47.0 Å². The molecule has 2 atom stereocenters. The number of carbonyl (C=O) groups is 3. The Kier molecular flexibility index (Phi) is 8.87. The minimum absolute atomic E-state index is 0.117. The van der Waals surface area contributed by atoms with E-state index in [-0.39, 0.29) is 24.8 Å². The maximum Gasteiger partial charge on any atom is 0.248 e. The summed E-state index contributed by atoms with van der Waals surface area (Å²) in [7, 11) is 0. The second-order valence-corrected chi connectivity index (χ2v) is 7.58. The van der Waals surface area contributed by atoms with Crippen molar-refractivity contribution < 1.29 is 19.6 Å². The van der Waals surface area contributed by atoms with Crippen LogP contribution in [0.25, 0.3) is 0 Å². The van der Waals surface area contributed by atoms with Gasteiger partial charge in [-0.1, -0.05) is 46.6 Å². The van der Waals surface area contributed by atoms with Gasteiger partial charge in [0.2, 0.25) is 18.2 Å². The molecule has 1 aromatic heterocycles. The maximum atomic E-state index is 12.8. The number of anilines is 1. The van der Waals surface area contributed by atoms with Crippen LogP contribution in [0.2, 0.25) is 0 Å². The second kappa shape index (κ2) is 10.6. The first kappa shape index (κ1) is 22.6. The van der Waals surface area contributed by atoms with E-state index in [1.807, 2.05) is 27.7 Å². The quantitative estimate of drug-likeness (QED) is 0.328. The molecule has 0 aliphatic heterocycles. The molecule has 0 saturated carbocycles. The van der Waals surface area contributed by atoms with Crippen LogP contribution in [-0.2, 0) is 14.4 Å². The fourth-order valence-corrected chi connectivity index (χ4v) is 2.60. The number of nitrogens with one attached hydrogen (secondary N) is 2. The molecule has 1 aromatic rings. The van der Waals surface area contributed by atoms with E-state index in [0.717, 1.165) is 12.8 Å². The summed E-state index contributed by atoms with van der Waals surface area (Å²) in [6.07, 6.45) is 3.98. The van der Waals surface area contributed by atoms with Crippen molar-refractivity contribution in [3.8, 4) is 0 Å². The molecule has 3 N–H and O–H groups in total. The molecule has 3 amide bonds. The van der Waals surface area contributed by atoms with Gasteiger partial charge in [-0.15, -0.1) is 0 Å². The van der Waals surface area contributed by atoms with Crippen LogP contribution in [0.3, 0.4) is 0 Å². The Morgan fingerprint density at radius 1 is 1.30 bits per heavy atom. The molecule has 0 fully saturated rings. The van der Waals surface area contributed by atoms with Gasteiger partial charge in [0.05, 0.1) is 12.5 Å². The number of nitrogens with zero attached hydrogens (tertiary/aromatic N) is 2. The molecule has 8 heteroatoms. The Labute approximate surface area is 160 Å². The molecule has 0 spiro atoms. The van der Waals surface area contributed by atoms with Crippen molar-refractivity contribution in [1.82, 2.24) is 15.4 Å². The number of hydrogen-bond acceptors (Lipinski definition) is 5. The van der Waals surface area contributed by atoms with Gasteiger partial charge in [-0.2, -0.15) is 0 Å². The lowest BCUT2D eigenvalue weighted by atomic mass is 9.85. The van der Waals surface area contributed by atoms with Crippen molar-refractivity contribution in [3.05, 3.63) is 24.4 Å². The standard InChI is InChI=1S/C19H30N4O4/c1-5-6-9-14(12-23(27)13-24)17(25)22-16(19(2,3)4)18(26)21-15-10-7-8-11-20-15/h7-8,10-11,13-14,16,27H,5-6,9,12H2,1-4H3,(H,22,25)(H,20,21,26). The molecule has 1 heterocycles. The number of unbranched alkanes of at least 4 members (excludes halogenated alkanes) is 1. The van der Waals surface area contributed by atoms with E-state index in [1.165, 1.54) is 0 Å². The summed E-state index contributed by atoms with van der Waals surface area (Å²) in [5.74, 6) is -0.954. The van der Waals surface area contributed by atoms with Crippen molar-refractivity contribution in [2.24, 2.45) is 11.3 Å². The Morgan fingerprint density at radius 3 is 2.52 bits per heavy atom. The van der Waals surface area contributed by atoms with E-state index in [1.54, 1.807) is 24.4 Å². The summed E-state index contributed by atoms with van der Waals surface area (Å²) < 4.78 is 0. The van der Waals surface area contributed by atoms with Gasteiger partial charge in [-0.25, -0.2) is 10.0 Å². The Morgan fingerprint density at radius 2 is 2.00 bits per heavy atom. The Balaban J connectivity index is 2.90. The predicted molar refractivity (Wildman–Crippen MR) is 102 cm³/mol. The van der Waals surface area contributed by atoms with Crippen molar-refractivity contribution in [1.29, 1.82) is 0 Å². The highest BCUT2D eigenvalue weighted by Crippen LogP contribution is 2.22. The molecule has 2 unspecified atom stereocenters. The third kappa shape index (κ3) is 7.74. The molecule has 1 rings (SSSR count). The lowest BCUT2D eigenvalue weighted by Crippen LogP contribution is -2.53. The van der Waals surface area contributed by atoms with Gasteiger partial charge in [0, 0.05) is 6.20 Å². The summed E-state index contributed by atoms with van der Waals surface area (Å²) in [4.78, 5) is 40.2. The van der Waals surface area contributed by atoms with Crippen LogP contribution < -0.4 is 10.6 Å². The van der Waals surface area contributed by atoms with Crippen LogP contribution in [0.15, 0.2) is 24.4 Å². The predicted octanol–water partition coefficient (Wildman–Crippen LogP) is 2.21. The van der Waals surface area contributed by atoms with E-state index < -0.39 is 17.4 Å². The third-order valence-corrected chi connectivity index (χ3v) is 4.14. The number of amides is 3. The van der Waals surface area contributed by atoms with Crippen LogP contribution in [-0.4, -0.2) is 46.1 Å². The minimum atomic E-state index is -0.806. The highest BCUT2D eigenvalue weighted by Gasteiger charge is 2.35. The van der Waals surface area contributed by atoms with Gasteiger partial charge >= 0.3 is 0 Å². The number of carbonyl (C=O) groups excluding carboxylic acids is 3. The first-order chi connectivity index (χ1) is 12.7. The molecule has 0 radical (unpaired) electrons. The number of pyridine rings is 1. The summed E-state index contributed by atoms with van der Waals surface area (Å²) in [5.41, 5.74) is -0.548. The molecular weight excluding hydrogens is 348 g/mol. The van der Waals surface area contributed by atoms with Crippen molar-refractivity contribution in [3.63, 3.8) is 0 Å². The summed E-state index contributed by atoms with van der Waals surface area (Å²) in [6, 6.07) is 4.35. The lowest BCUT2D eigenvalue weighted by molar-refractivity contribution is -0.155. The summed E-state index contributed by atoms with van der Waals surface area (Å²) >= 11 is 0. The van der Waals surface area contributed by atoms with Crippen LogP contribution in [0, 0.1) is 11.3 Å². The van der Waals surface area contributed by atoms with Gasteiger partial charge in [0.1, 0.15) is 11.9 Å². The zero-order chi connectivity index (χ0) is 20.4. The summed E-state index contributed by atoms with van der Waals surface area (Å²) in [6.45, 7) is 7.42. The smallest absolute Gasteiger partial charge is 0.248 e. The van der Waals surface area contributed by atoms with Crippen molar-refractivity contribution >= 4 is 24.0 Å². The average Bonchev–Trinajstić information content (AvgIpc) is 2.62. The first-order valence-corrected chi connectivity index (χ1v) is 9.12. The van der Waals surface area contributed by atoms with Gasteiger partial charge in [-0.05, 0) is 24.0 Å². The van der Waals surface area contributed by atoms with Gasteiger partial charge < -0.3 is 10.6 Å². The van der Waals surface area contributed by atoms with Crippen molar-refractivity contribution in [2.75, 3.05) is 11.9 Å². The lowest BCUT2D eigenvalue weighted by Gasteiger charge is -2.32. The highest BCUT2D eigenvalue weighted by atomic mass is 16.5. The fourth-order valence-electron chi connectivity index (χ4n) is 2.60. The maximum absolute atomic E-state index is 12.8. The molecule has 0 bridgehead atoms. The number of hydrogen-bond donors (Lipinski definition) is 3. The molecule has 0 aliphatic rings. The topological polar surface area (TPSA) is 112 Å². The SMILES string of the molecule is CCCCC(CN(O)C=O)C(=O)NC(C(=O)Nc1ccccn1)C(C)(C)C. The van der Waals surface area contributed by atoms with Gasteiger partial charge in [0.25, 0.3) is 0 Å². The number of rotatable bonds is 10. The van der Waals surface area contributed by atoms with E-state index in [2.05, 4.69) is 15.6 Å². The van der Waals surface area contributed by atoms with Gasteiger partial charge in [0.15, 0.2) is 0 Å². The molecule has 27 heavy (non-hydrogen) atoms. The monoisotopic (exact) mass is 378 g/mol. The largest absolute Gasteiger partial charge is 0.343 e. The fraction of sp³-hybridized carbons (Fsp3) is 0.579. The molecule has 8 nitrogen and oxygen atoms in total. The molecule has 0 aromatic carbocycles. The number of hydroxylamine groups is 2. The zero-order valence-corrected chi connectivity index (χ0v) is 16.4. The van der Waals surface area contributed by atoms with E-state index in [4.69, 9.17) is 0 Å². The van der Waals surface area contributed by atoms with Crippen LogP contribution in [0.4, 0.5) is 5.82 Å².